The lowest BCUT2D eigenvalue weighted by atomic mass is 10.1. The van der Waals surface area contributed by atoms with Crippen LogP contribution in [0.15, 0.2) is 24.3 Å². The lowest BCUT2D eigenvalue weighted by Crippen LogP contribution is -2.46. The number of ether oxygens (including phenoxy) is 1. The van der Waals surface area contributed by atoms with Crippen molar-refractivity contribution in [3.63, 3.8) is 0 Å². The molecular formula is C20H23FN4OS. The van der Waals surface area contributed by atoms with E-state index in [9.17, 15) is 4.39 Å². The summed E-state index contributed by atoms with van der Waals surface area (Å²) in [5, 5.41) is 1.14. The molecule has 0 saturated carbocycles. The molecule has 0 radical (unpaired) electrons. The third-order valence-corrected chi connectivity index (χ3v) is 5.86. The van der Waals surface area contributed by atoms with E-state index in [1.54, 1.807) is 30.6 Å². The van der Waals surface area contributed by atoms with Crippen molar-refractivity contribution in [1.82, 2.24) is 14.9 Å². The van der Waals surface area contributed by atoms with Gasteiger partial charge in [-0.3, -0.25) is 4.90 Å². The zero-order valence-corrected chi connectivity index (χ0v) is 16.6. The Balaban J connectivity index is 1.49. The molecule has 0 atom stereocenters. The van der Waals surface area contributed by atoms with Gasteiger partial charge in [-0.1, -0.05) is 0 Å². The van der Waals surface area contributed by atoms with Gasteiger partial charge < -0.3 is 9.64 Å². The molecule has 7 heteroatoms. The van der Waals surface area contributed by atoms with Gasteiger partial charge in [0, 0.05) is 43.2 Å². The Morgan fingerprint density at radius 3 is 2.63 bits per heavy atom. The van der Waals surface area contributed by atoms with Gasteiger partial charge in [-0.15, -0.1) is 11.3 Å². The van der Waals surface area contributed by atoms with Crippen LogP contribution in [0.4, 0.5) is 10.2 Å². The van der Waals surface area contributed by atoms with E-state index in [4.69, 9.17) is 9.72 Å². The number of hydrogen-bond acceptors (Lipinski definition) is 6. The summed E-state index contributed by atoms with van der Waals surface area (Å²) in [6, 6.07) is 6.88. The smallest absolute Gasteiger partial charge is 0.141 e. The van der Waals surface area contributed by atoms with Crippen molar-refractivity contribution in [1.29, 1.82) is 0 Å². The monoisotopic (exact) mass is 386 g/mol. The molecule has 5 nitrogen and oxygen atoms in total. The predicted octanol–water partition coefficient (Wildman–Crippen LogP) is 3.78. The highest BCUT2D eigenvalue weighted by Gasteiger charge is 2.22. The van der Waals surface area contributed by atoms with Crippen molar-refractivity contribution >= 4 is 27.4 Å². The van der Waals surface area contributed by atoms with Gasteiger partial charge in [0.05, 0.1) is 12.5 Å². The average Bonchev–Trinajstić information content (AvgIpc) is 3.02. The summed E-state index contributed by atoms with van der Waals surface area (Å²) in [4.78, 5) is 16.3. The van der Waals surface area contributed by atoms with Crippen molar-refractivity contribution in [2.75, 3.05) is 38.2 Å². The summed E-state index contributed by atoms with van der Waals surface area (Å²) < 4.78 is 19.0. The molecule has 27 heavy (non-hydrogen) atoms. The van der Waals surface area contributed by atoms with E-state index in [0.29, 0.717) is 6.54 Å². The molecule has 0 amide bonds. The quantitative estimate of drug-likeness (QED) is 0.683. The fourth-order valence-corrected chi connectivity index (χ4v) is 4.52. The lowest BCUT2D eigenvalue weighted by Gasteiger charge is -2.35. The van der Waals surface area contributed by atoms with E-state index < -0.39 is 0 Å². The molecule has 1 aromatic carbocycles. The maximum Gasteiger partial charge on any atom is 0.141 e. The van der Waals surface area contributed by atoms with Crippen molar-refractivity contribution in [3.05, 3.63) is 46.3 Å². The highest BCUT2D eigenvalue weighted by molar-refractivity contribution is 7.18. The van der Waals surface area contributed by atoms with Crippen LogP contribution in [0.2, 0.25) is 0 Å². The second-order valence-corrected chi connectivity index (χ2v) is 8.12. The lowest BCUT2D eigenvalue weighted by molar-refractivity contribution is 0.245. The normalized spacial score (nSPS) is 15.5. The minimum Gasteiger partial charge on any atom is -0.496 e. The first-order valence-corrected chi connectivity index (χ1v) is 9.89. The Labute approximate surface area is 162 Å². The maximum absolute atomic E-state index is 13.6. The predicted molar refractivity (Wildman–Crippen MR) is 107 cm³/mol. The Morgan fingerprint density at radius 2 is 1.89 bits per heavy atom. The van der Waals surface area contributed by atoms with Crippen LogP contribution in [0, 0.1) is 19.7 Å². The molecule has 0 N–H and O–H groups in total. The summed E-state index contributed by atoms with van der Waals surface area (Å²) in [5.41, 5.74) is 0.889. The number of thiophene rings is 1. The highest BCUT2D eigenvalue weighted by Crippen LogP contribution is 2.31. The zero-order valence-electron chi connectivity index (χ0n) is 15.8. The van der Waals surface area contributed by atoms with Crippen LogP contribution in [0.25, 0.3) is 10.2 Å². The third-order valence-electron chi connectivity index (χ3n) is 4.92. The summed E-state index contributed by atoms with van der Waals surface area (Å²) in [6.45, 7) is 8.31. The number of halogens is 1. The van der Waals surface area contributed by atoms with E-state index in [-0.39, 0.29) is 5.82 Å². The van der Waals surface area contributed by atoms with E-state index in [1.165, 1.54) is 10.9 Å². The molecule has 2 aromatic heterocycles. The minimum atomic E-state index is -0.226. The molecule has 142 valence electrons. The first-order valence-electron chi connectivity index (χ1n) is 9.08. The number of anilines is 1. The van der Waals surface area contributed by atoms with Gasteiger partial charge in [0.15, 0.2) is 0 Å². The highest BCUT2D eigenvalue weighted by atomic mass is 32.1. The Hall–Kier alpha value is -2.25. The van der Waals surface area contributed by atoms with E-state index in [1.807, 2.05) is 6.92 Å². The van der Waals surface area contributed by atoms with Crippen LogP contribution in [-0.4, -0.2) is 48.2 Å². The Bertz CT molecular complexity index is 966. The van der Waals surface area contributed by atoms with Gasteiger partial charge in [-0.25, -0.2) is 14.4 Å². The van der Waals surface area contributed by atoms with Crippen molar-refractivity contribution in [3.8, 4) is 5.75 Å². The molecule has 1 aliphatic heterocycles. The van der Waals surface area contributed by atoms with E-state index >= 15 is 0 Å². The molecule has 4 rings (SSSR count). The van der Waals surface area contributed by atoms with Crippen LogP contribution in [0.5, 0.6) is 5.75 Å². The van der Waals surface area contributed by atoms with Crippen LogP contribution < -0.4 is 9.64 Å². The van der Waals surface area contributed by atoms with Gasteiger partial charge in [-0.05, 0) is 38.1 Å². The van der Waals surface area contributed by atoms with Crippen molar-refractivity contribution in [2.45, 2.75) is 20.4 Å². The molecule has 0 aliphatic carbocycles. The third kappa shape index (κ3) is 3.75. The number of methoxy groups -OCH3 is 1. The number of benzene rings is 1. The number of piperazine rings is 1. The molecule has 1 aliphatic rings. The average molecular weight is 386 g/mol. The molecule has 3 aromatic rings. The van der Waals surface area contributed by atoms with Gasteiger partial charge in [-0.2, -0.15) is 0 Å². The van der Waals surface area contributed by atoms with Crippen molar-refractivity contribution in [2.24, 2.45) is 0 Å². The second-order valence-electron chi connectivity index (χ2n) is 6.89. The zero-order chi connectivity index (χ0) is 19.0. The number of rotatable bonds is 4. The standard InChI is InChI=1S/C20H23FN4OS/c1-13-10-17-19(22-14(2)23-20(17)27-13)25-8-6-24(7-9-25)12-15-11-16(21)4-5-18(15)26-3/h4-5,10-11H,6-9,12H2,1-3H3. The first kappa shape index (κ1) is 18.1. The van der Waals surface area contributed by atoms with Gasteiger partial charge >= 0.3 is 0 Å². The number of aromatic nitrogens is 2. The fourth-order valence-electron chi connectivity index (χ4n) is 3.60. The van der Waals surface area contributed by atoms with Gasteiger partial charge in [0.25, 0.3) is 0 Å². The maximum atomic E-state index is 13.6. The summed E-state index contributed by atoms with van der Waals surface area (Å²) >= 11 is 1.71. The Kier molecular flexibility index (Phi) is 4.97. The topological polar surface area (TPSA) is 41.5 Å². The summed E-state index contributed by atoms with van der Waals surface area (Å²) in [5.74, 6) is 2.35. The molecular weight excluding hydrogens is 363 g/mol. The van der Waals surface area contributed by atoms with Crippen molar-refractivity contribution < 1.29 is 9.13 Å². The summed E-state index contributed by atoms with van der Waals surface area (Å²) in [7, 11) is 1.63. The summed E-state index contributed by atoms with van der Waals surface area (Å²) in [6.07, 6.45) is 0. The van der Waals surface area contributed by atoms with E-state index in [2.05, 4.69) is 27.8 Å². The molecule has 3 heterocycles. The van der Waals surface area contributed by atoms with Gasteiger partial charge in [0.1, 0.15) is 28.0 Å². The molecule has 0 bridgehead atoms. The number of nitrogens with zero attached hydrogens (tertiary/aromatic N) is 4. The number of fused-ring (bicyclic) bond motifs is 1. The molecule has 1 fully saturated rings. The van der Waals surface area contributed by atoms with Crippen LogP contribution >= 0.6 is 11.3 Å². The SMILES string of the molecule is COc1ccc(F)cc1CN1CCN(c2nc(C)nc3sc(C)cc23)CC1. The van der Waals surface area contributed by atoms with Crippen LogP contribution in [-0.2, 0) is 6.54 Å². The van der Waals surface area contributed by atoms with Crippen LogP contribution in [0.1, 0.15) is 16.3 Å². The van der Waals surface area contributed by atoms with Gasteiger partial charge in [0.2, 0.25) is 0 Å². The molecule has 0 unspecified atom stereocenters. The van der Waals surface area contributed by atoms with E-state index in [0.717, 1.165) is 59.4 Å². The largest absolute Gasteiger partial charge is 0.496 e. The number of hydrogen-bond donors (Lipinski definition) is 0. The Morgan fingerprint density at radius 1 is 1.11 bits per heavy atom. The fraction of sp³-hybridized carbons (Fsp3) is 0.400. The van der Waals surface area contributed by atoms with Crippen LogP contribution in [0.3, 0.4) is 0 Å². The molecule has 1 saturated heterocycles. The second kappa shape index (κ2) is 7.40. The molecule has 0 spiro atoms. The minimum absolute atomic E-state index is 0.226. The first-order chi connectivity index (χ1) is 13.0. The number of aryl methyl sites for hydroxylation is 2.